The van der Waals surface area contributed by atoms with Crippen LogP contribution in [-0.2, 0) is 9.32 Å². The van der Waals surface area contributed by atoms with Crippen molar-refractivity contribution in [3.63, 3.8) is 0 Å². The fraction of sp³-hybridized carbons (Fsp3) is 0.833. The summed E-state index contributed by atoms with van der Waals surface area (Å²) in [5.74, 6) is -0.124. The van der Waals surface area contributed by atoms with Gasteiger partial charge < -0.3 is 15.6 Å². The zero-order valence-electron chi connectivity index (χ0n) is 7.33. The van der Waals surface area contributed by atoms with Gasteiger partial charge >= 0.3 is 0 Å². The van der Waals surface area contributed by atoms with E-state index in [-0.39, 0.29) is 12.3 Å². The van der Waals surface area contributed by atoms with Crippen molar-refractivity contribution in [2.75, 3.05) is 13.7 Å². The molecule has 2 radical (unpaired) electrons. The van der Waals surface area contributed by atoms with Crippen LogP contribution in [0.5, 0.6) is 0 Å². The lowest BCUT2D eigenvalue weighted by molar-refractivity contribution is -0.121. The molecule has 0 bridgehead atoms. The number of hydrogen-bond acceptors (Lipinski definition) is 3. The molecule has 0 aliphatic rings. The van der Waals surface area contributed by atoms with Crippen molar-refractivity contribution in [2.45, 2.75) is 18.5 Å². The minimum absolute atomic E-state index is 0.124. The summed E-state index contributed by atoms with van der Waals surface area (Å²) in [4.78, 5) is 10.8. The molecular formula is C6H14BN2O2P. The molecule has 68 valence electrons. The van der Waals surface area contributed by atoms with Gasteiger partial charge in [0, 0.05) is 34.3 Å². The zero-order valence-corrected chi connectivity index (χ0v) is 8.33. The second-order valence-electron chi connectivity index (χ2n) is 2.33. The predicted octanol–water partition coefficient (Wildman–Crippen LogP) is -0.816. The number of hydrogen-bond donors (Lipinski definition) is 2. The summed E-state index contributed by atoms with van der Waals surface area (Å²) in [6, 6.07) is -0.983. The lowest BCUT2D eigenvalue weighted by Gasteiger charge is -2.18. The van der Waals surface area contributed by atoms with Gasteiger partial charge in [-0.1, -0.05) is 0 Å². The van der Waals surface area contributed by atoms with Gasteiger partial charge in [0.15, 0.2) is 0 Å². The highest BCUT2D eigenvalue weighted by Gasteiger charge is 2.15. The second-order valence-corrected chi connectivity index (χ2v) is 2.97. The van der Waals surface area contributed by atoms with Gasteiger partial charge in [0.2, 0.25) is 5.91 Å². The fourth-order valence-electron chi connectivity index (χ4n) is 0.656. The third-order valence-corrected chi connectivity index (χ3v) is 1.88. The Morgan fingerprint density at radius 1 is 1.83 bits per heavy atom. The van der Waals surface area contributed by atoms with Crippen molar-refractivity contribution in [1.82, 2.24) is 5.32 Å². The maximum atomic E-state index is 10.8. The summed E-state index contributed by atoms with van der Waals surface area (Å²) < 4.78 is 5.05. The molecule has 12 heavy (non-hydrogen) atoms. The molecule has 0 saturated heterocycles. The first-order valence-corrected chi connectivity index (χ1v) is 5.06. The van der Waals surface area contributed by atoms with Gasteiger partial charge in [0.05, 0.1) is 0 Å². The molecule has 3 atom stereocenters. The second kappa shape index (κ2) is 6.41. The third-order valence-electron chi connectivity index (χ3n) is 1.38. The van der Waals surface area contributed by atoms with Crippen LogP contribution in [0, 0.1) is 0 Å². The molecule has 1 amide bonds. The van der Waals surface area contributed by atoms with Crippen LogP contribution < -0.4 is 11.1 Å². The number of carbonyl (C=O) groups excluding carboxylic acids is 1. The first-order chi connectivity index (χ1) is 5.61. The molecule has 3 N–H and O–H groups in total. The molecule has 0 saturated carbocycles. The predicted molar refractivity (Wildman–Crippen MR) is 51.5 cm³/mol. The van der Waals surface area contributed by atoms with Crippen molar-refractivity contribution >= 4 is 22.6 Å². The van der Waals surface area contributed by atoms with Gasteiger partial charge in [-0.3, -0.25) is 4.79 Å². The Hall–Kier alpha value is -0.115. The molecule has 0 aliphatic heterocycles. The van der Waals surface area contributed by atoms with Crippen LogP contribution in [0.15, 0.2) is 0 Å². The summed E-state index contributed by atoms with van der Waals surface area (Å²) in [6.07, 6.45) is 0.197. The third kappa shape index (κ3) is 4.70. The van der Waals surface area contributed by atoms with Crippen LogP contribution in [0.3, 0.4) is 0 Å². The van der Waals surface area contributed by atoms with Crippen LogP contribution in [0.4, 0.5) is 0 Å². The Bertz CT molecular complexity index is 148. The van der Waals surface area contributed by atoms with Gasteiger partial charge in [-0.2, -0.15) is 0 Å². The van der Waals surface area contributed by atoms with Gasteiger partial charge in [-0.25, -0.2) is 0 Å². The van der Waals surface area contributed by atoms with Crippen molar-refractivity contribution in [3.8, 4) is 0 Å². The molecule has 0 aromatic rings. The van der Waals surface area contributed by atoms with Crippen LogP contribution in [-0.4, -0.2) is 39.5 Å². The minimum Gasteiger partial charge on any atom is -0.368 e. The van der Waals surface area contributed by atoms with Gasteiger partial charge in [-0.15, -0.1) is 0 Å². The Balaban J connectivity index is 3.69. The van der Waals surface area contributed by atoms with E-state index >= 15 is 0 Å². The molecule has 0 aromatic heterocycles. The highest BCUT2D eigenvalue weighted by atomic mass is 31.1. The Kier molecular flexibility index (Phi) is 6.34. The molecule has 0 aliphatic carbocycles. The minimum atomic E-state index is -0.550. The van der Waals surface area contributed by atoms with Gasteiger partial charge in [0.25, 0.3) is 0 Å². The summed E-state index contributed by atoms with van der Waals surface area (Å²) in [6.45, 7) is 1.85. The molecular weight excluding hydrogens is 174 g/mol. The van der Waals surface area contributed by atoms with Gasteiger partial charge in [0.1, 0.15) is 7.85 Å². The van der Waals surface area contributed by atoms with E-state index < -0.39 is 12.0 Å². The number of amides is 1. The molecule has 6 heteroatoms. The summed E-state index contributed by atoms with van der Waals surface area (Å²) in [5.41, 5.74) is 5.57. The Morgan fingerprint density at radius 3 is 2.83 bits per heavy atom. The summed E-state index contributed by atoms with van der Waals surface area (Å²) >= 11 is 0. The molecule has 0 fully saturated rings. The number of nitrogens with one attached hydrogen (secondary N) is 1. The first-order valence-electron chi connectivity index (χ1n) is 3.66. The highest BCUT2D eigenvalue weighted by molar-refractivity contribution is 7.31. The SMILES string of the molecule is [B]C(OPC)[C@@H](N)CC(=O)NC. The zero-order chi connectivity index (χ0) is 9.56. The van der Waals surface area contributed by atoms with E-state index in [1.165, 1.54) is 0 Å². The average molecular weight is 188 g/mol. The summed E-state index contributed by atoms with van der Waals surface area (Å²) in [5, 5.41) is 2.47. The van der Waals surface area contributed by atoms with Crippen LogP contribution >= 0.6 is 8.81 Å². The molecule has 0 heterocycles. The molecule has 0 aromatic carbocycles. The normalized spacial score (nSPS) is 16.2. The van der Waals surface area contributed by atoms with Crippen LogP contribution in [0.25, 0.3) is 0 Å². The largest absolute Gasteiger partial charge is 0.368 e. The lowest BCUT2D eigenvalue weighted by Crippen LogP contribution is -2.39. The Morgan fingerprint density at radius 2 is 2.42 bits per heavy atom. The van der Waals surface area contributed by atoms with Crippen molar-refractivity contribution in [2.24, 2.45) is 5.73 Å². The molecule has 0 rings (SSSR count). The van der Waals surface area contributed by atoms with Crippen molar-refractivity contribution in [3.05, 3.63) is 0 Å². The summed E-state index contributed by atoms with van der Waals surface area (Å²) in [7, 11) is 7.36. The fourth-order valence-corrected chi connectivity index (χ4v) is 1.10. The van der Waals surface area contributed by atoms with Crippen molar-refractivity contribution in [1.29, 1.82) is 0 Å². The maximum absolute atomic E-state index is 10.8. The average Bonchev–Trinajstić information content (AvgIpc) is 2.04. The van der Waals surface area contributed by atoms with Crippen molar-refractivity contribution < 1.29 is 9.32 Å². The first kappa shape index (κ1) is 11.9. The highest BCUT2D eigenvalue weighted by Crippen LogP contribution is 2.10. The number of nitrogens with two attached hydrogens (primary N) is 1. The van der Waals surface area contributed by atoms with Crippen LogP contribution in [0.1, 0.15) is 6.42 Å². The molecule has 0 spiro atoms. The van der Waals surface area contributed by atoms with E-state index in [1.807, 2.05) is 6.66 Å². The van der Waals surface area contributed by atoms with E-state index in [0.717, 1.165) is 0 Å². The maximum Gasteiger partial charge on any atom is 0.221 e. The quantitative estimate of drug-likeness (QED) is 0.437. The topological polar surface area (TPSA) is 64.3 Å². The van der Waals surface area contributed by atoms with E-state index in [9.17, 15) is 4.79 Å². The van der Waals surface area contributed by atoms with E-state index in [4.69, 9.17) is 18.1 Å². The molecule has 4 nitrogen and oxygen atoms in total. The van der Waals surface area contributed by atoms with Gasteiger partial charge in [-0.05, 0) is 6.66 Å². The van der Waals surface area contributed by atoms with E-state index in [1.54, 1.807) is 7.05 Å². The standard InChI is InChI=1S/C6H14BN2O2P/c1-9-5(10)3-4(8)6(7)11-12-2/h4,6,12H,3,8H2,1-2H3,(H,9,10)/t4-,6?/m0/s1. The van der Waals surface area contributed by atoms with E-state index in [2.05, 4.69) is 5.32 Å². The van der Waals surface area contributed by atoms with Crippen LogP contribution in [0.2, 0.25) is 0 Å². The monoisotopic (exact) mass is 188 g/mol. The molecule has 2 unspecified atom stereocenters. The Labute approximate surface area is 75.9 Å². The smallest absolute Gasteiger partial charge is 0.221 e. The number of rotatable bonds is 5. The lowest BCUT2D eigenvalue weighted by atomic mass is 9.91. The van der Waals surface area contributed by atoms with E-state index in [0.29, 0.717) is 8.81 Å². The number of carbonyl (C=O) groups is 1.